The molecule has 5 rings (SSSR count). The Bertz CT molecular complexity index is 1620. The van der Waals surface area contributed by atoms with E-state index in [1.54, 1.807) is 47.4 Å². The lowest BCUT2D eigenvalue weighted by molar-refractivity contribution is 0.0475. The zero-order valence-electron chi connectivity index (χ0n) is 22.2. The maximum absolute atomic E-state index is 13.0. The Morgan fingerprint density at radius 2 is 1.35 bits per heavy atom. The molecule has 0 spiro atoms. The first kappa shape index (κ1) is 27.4. The van der Waals surface area contributed by atoms with E-state index >= 15 is 0 Å². The second kappa shape index (κ2) is 11.9. The topological polar surface area (TPSA) is 94.9 Å². The van der Waals surface area contributed by atoms with Gasteiger partial charge in [0, 0.05) is 52.6 Å². The Hall–Kier alpha value is -4.17. The van der Waals surface area contributed by atoms with Crippen LogP contribution in [0.3, 0.4) is 0 Å². The summed E-state index contributed by atoms with van der Waals surface area (Å²) in [7, 11) is 0. The van der Waals surface area contributed by atoms with Gasteiger partial charge in [0.15, 0.2) is 24.8 Å². The summed E-state index contributed by atoms with van der Waals surface area (Å²) in [5.74, 6) is -1.34. The molecule has 1 aromatic heterocycles. The van der Waals surface area contributed by atoms with Crippen LogP contribution >= 0.6 is 11.6 Å². The summed E-state index contributed by atoms with van der Waals surface area (Å²) in [5.41, 5.74) is 2.80. The number of ketones is 2. The molecule has 0 saturated carbocycles. The number of hydrogen-bond donors (Lipinski definition) is 0. The first-order chi connectivity index (χ1) is 19.4. The molecular formula is C31H29ClN2O6. The number of amides is 1. The van der Waals surface area contributed by atoms with Gasteiger partial charge in [0.2, 0.25) is 0 Å². The van der Waals surface area contributed by atoms with Crippen LogP contribution in [0.4, 0.5) is 4.79 Å². The number of ether oxygens (including phenoxy) is 2. The number of piperidine rings is 1. The molecule has 9 heteroatoms. The maximum Gasteiger partial charge on any atom is 0.410 e. The SMILES string of the molecule is CCn1c2ccc(C(=O)COC(=O)c3ccccc3Cl)cc2c2cc(C(=O)COC(=O)N3CCCCC3)ccc21. The van der Waals surface area contributed by atoms with E-state index in [2.05, 4.69) is 4.57 Å². The van der Waals surface area contributed by atoms with Crippen molar-refractivity contribution in [2.24, 2.45) is 0 Å². The van der Waals surface area contributed by atoms with Crippen LogP contribution in [0, 0.1) is 0 Å². The third-order valence-electron chi connectivity index (χ3n) is 7.19. The Morgan fingerprint density at radius 1 is 0.775 bits per heavy atom. The van der Waals surface area contributed by atoms with Gasteiger partial charge in [-0.1, -0.05) is 23.7 Å². The zero-order valence-corrected chi connectivity index (χ0v) is 22.9. The van der Waals surface area contributed by atoms with E-state index in [1.807, 2.05) is 19.1 Å². The fourth-order valence-corrected chi connectivity index (χ4v) is 5.30. The minimum atomic E-state index is -0.674. The number of nitrogens with zero attached hydrogens (tertiary/aromatic N) is 2. The molecule has 1 amide bonds. The van der Waals surface area contributed by atoms with Gasteiger partial charge in [0.05, 0.1) is 10.6 Å². The lowest BCUT2D eigenvalue weighted by atomic mass is 10.0. The number of rotatable bonds is 8. The summed E-state index contributed by atoms with van der Waals surface area (Å²) >= 11 is 6.06. The summed E-state index contributed by atoms with van der Waals surface area (Å²) in [5, 5.41) is 1.84. The highest BCUT2D eigenvalue weighted by molar-refractivity contribution is 6.33. The highest BCUT2D eigenvalue weighted by atomic mass is 35.5. The van der Waals surface area contributed by atoms with Crippen LogP contribution in [-0.2, 0) is 16.0 Å². The van der Waals surface area contributed by atoms with Crippen LogP contribution in [0.25, 0.3) is 21.8 Å². The number of carbonyl (C=O) groups is 4. The quantitative estimate of drug-likeness (QED) is 0.185. The van der Waals surface area contributed by atoms with Crippen LogP contribution in [-0.4, -0.2) is 59.4 Å². The number of fused-ring (bicyclic) bond motifs is 3. The normalized spacial score (nSPS) is 13.4. The van der Waals surface area contributed by atoms with Gasteiger partial charge in [-0.05, 0) is 74.7 Å². The average molecular weight is 561 g/mol. The van der Waals surface area contributed by atoms with E-state index in [9.17, 15) is 19.2 Å². The minimum Gasteiger partial charge on any atom is -0.454 e. The predicted octanol–water partition coefficient (Wildman–Crippen LogP) is 6.31. The van der Waals surface area contributed by atoms with Crippen molar-refractivity contribution in [3.05, 3.63) is 82.4 Å². The van der Waals surface area contributed by atoms with Crippen molar-refractivity contribution in [2.45, 2.75) is 32.7 Å². The van der Waals surface area contributed by atoms with Gasteiger partial charge < -0.3 is 18.9 Å². The third-order valence-corrected chi connectivity index (χ3v) is 7.52. The summed E-state index contributed by atoms with van der Waals surface area (Å²) in [6.45, 7) is 3.22. The second-order valence-electron chi connectivity index (χ2n) is 9.71. The molecule has 3 aromatic carbocycles. The van der Waals surface area contributed by atoms with Crippen LogP contribution in [0.1, 0.15) is 57.3 Å². The molecule has 2 heterocycles. The van der Waals surface area contributed by atoms with Gasteiger partial charge in [-0.25, -0.2) is 9.59 Å². The molecule has 4 aromatic rings. The molecule has 1 aliphatic rings. The number of carbonyl (C=O) groups excluding carboxylic acids is 4. The molecule has 40 heavy (non-hydrogen) atoms. The molecule has 1 fully saturated rings. The monoisotopic (exact) mass is 560 g/mol. The van der Waals surface area contributed by atoms with E-state index in [4.69, 9.17) is 21.1 Å². The molecule has 8 nitrogen and oxygen atoms in total. The Morgan fingerprint density at radius 3 is 1.93 bits per heavy atom. The second-order valence-corrected chi connectivity index (χ2v) is 10.1. The molecule has 0 radical (unpaired) electrons. The van der Waals surface area contributed by atoms with E-state index in [1.165, 1.54) is 6.07 Å². The fourth-order valence-electron chi connectivity index (χ4n) is 5.09. The highest BCUT2D eigenvalue weighted by Gasteiger charge is 2.21. The number of halogens is 1. The maximum atomic E-state index is 13.0. The number of hydrogen-bond acceptors (Lipinski definition) is 6. The van der Waals surface area contributed by atoms with E-state index < -0.39 is 18.7 Å². The number of aryl methyl sites for hydroxylation is 1. The molecule has 0 N–H and O–H groups in total. The Balaban J connectivity index is 1.35. The zero-order chi connectivity index (χ0) is 28.2. The average Bonchev–Trinajstić information content (AvgIpc) is 3.31. The molecule has 0 unspecified atom stereocenters. The third kappa shape index (κ3) is 5.58. The van der Waals surface area contributed by atoms with Crippen LogP contribution in [0.15, 0.2) is 60.7 Å². The number of esters is 1. The summed E-state index contributed by atoms with van der Waals surface area (Å²) in [6.07, 6.45) is 2.51. The summed E-state index contributed by atoms with van der Waals surface area (Å²) in [6, 6.07) is 17.1. The first-order valence-corrected chi connectivity index (χ1v) is 13.7. The number of benzene rings is 3. The van der Waals surface area contributed by atoms with Crippen molar-refractivity contribution in [1.82, 2.24) is 9.47 Å². The van der Waals surface area contributed by atoms with Crippen LogP contribution in [0.2, 0.25) is 5.02 Å². The molecule has 0 atom stereocenters. The van der Waals surface area contributed by atoms with Crippen molar-refractivity contribution in [2.75, 3.05) is 26.3 Å². The molecule has 0 aliphatic carbocycles. The van der Waals surface area contributed by atoms with E-state index in [-0.39, 0.29) is 28.8 Å². The van der Waals surface area contributed by atoms with E-state index in [0.29, 0.717) is 30.8 Å². The number of aromatic nitrogens is 1. The minimum absolute atomic E-state index is 0.192. The van der Waals surface area contributed by atoms with Gasteiger partial charge in [-0.2, -0.15) is 0 Å². The van der Waals surface area contributed by atoms with Gasteiger partial charge >= 0.3 is 12.1 Å². The molecule has 206 valence electrons. The molecule has 0 bridgehead atoms. The van der Waals surface area contributed by atoms with Crippen LogP contribution in [0.5, 0.6) is 0 Å². The Kier molecular flexibility index (Phi) is 8.16. The van der Waals surface area contributed by atoms with Crippen molar-refractivity contribution >= 4 is 57.0 Å². The van der Waals surface area contributed by atoms with Gasteiger partial charge in [-0.15, -0.1) is 0 Å². The number of likely N-dealkylation sites (tertiary alicyclic amines) is 1. The van der Waals surface area contributed by atoms with Crippen LogP contribution < -0.4 is 0 Å². The van der Waals surface area contributed by atoms with Gasteiger partial charge in [-0.3, -0.25) is 9.59 Å². The number of Topliss-reactive ketones (excluding diaryl/α,β-unsaturated/α-hetero) is 2. The largest absolute Gasteiger partial charge is 0.454 e. The van der Waals surface area contributed by atoms with Gasteiger partial charge in [0.25, 0.3) is 0 Å². The molecule has 1 saturated heterocycles. The first-order valence-electron chi connectivity index (χ1n) is 13.3. The van der Waals surface area contributed by atoms with Crippen molar-refractivity contribution in [3.63, 3.8) is 0 Å². The Labute approximate surface area is 236 Å². The smallest absolute Gasteiger partial charge is 0.410 e. The van der Waals surface area contributed by atoms with E-state index in [0.717, 1.165) is 41.1 Å². The summed E-state index contributed by atoms with van der Waals surface area (Å²) < 4.78 is 12.6. The molecular weight excluding hydrogens is 532 g/mol. The van der Waals surface area contributed by atoms with Crippen molar-refractivity contribution < 1.29 is 28.7 Å². The summed E-state index contributed by atoms with van der Waals surface area (Å²) in [4.78, 5) is 52.3. The fraction of sp³-hybridized carbons (Fsp3) is 0.290. The van der Waals surface area contributed by atoms with Crippen molar-refractivity contribution in [3.8, 4) is 0 Å². The lowest BCUT2D eigenvalue weighted by Crippen LogP contribution is -2.36. The predicted molar refractivity (Wildman–Crippen MR) is 152 cm³/mol. The lowest BCUT2D eigenvalue weighted by Gasteiger charge is -2.25. The van der Waals surface area contributed by atoms with Crippen molar-refractivity contribution in [1.29, 1.82) is 0 Å². The standard InChI is InChI=1S/C31H29ClN2O6/c1-2-34-26-12-10-20(28(35)18-39-30(37)22-8-4-5-9-25(22)32)16-23(26)24-17-21(11-13-27(24)34)29(36)19-40-31(38)33-14-6-3-7-15-33/h4-5,8-13,16-17H,2-3,6-7,14-15,18-19H2,1H3. The highest BCUT2D eigenvalue weighted by Crippen LogP contribution is 2.31. The molecule has 1 aliphatic heterocycles. The van der Waals surface area contributed by atoms with Gasteiger partial charge in [0.1, 0.15) is 0 Å².